The number of nitrogens with one attached hydrogen (secondary N) is 1. The lowest BCUT2D eigenvalue weighted by Crippen LogP contribution is -2.36. The second kappa shape index (κ2) is 6.42. The maximum Gasteiger partial charge on any atom is 0.00695 e. The summed E-state index contributed by atoms with van der Waals surface area (Å²) in [5.41, 5.74) is 0. The molecule has 0 aromatic heterocycles. The highest BCUT2D eigenvalue weighted by molar-refractivity contribution is 4.72. The Hall–Kier alpha value is -0.0400. The first-order valence-corrected chi connectivity index (χ1v) is 6.09. The minimum atomic E-state index is 0.712. The van der Waals surface area contributed by atoms with Crippen LogP contribution in [0.25, 0.3) is 0 Å². The van der Waals surface area contributed by atoms with Crippen LogP contribution in [0, 0.1) is 0 Å². The minimum absolute atomic E-state index is 0.712. The molecule has 0 aliphatic heterocycles. The molecule has 1 aliphatic rings. The molecule has 0 saturated heterocycles. The monoisotopic (exact) mass is 183 g/mol. The Morgan fingerprint density at radius 2 is 1.62 bits per heavy atom. The summed E-state index contributed by atoms with van der Waals surface area (Å²) in [6.07, 6.45) is 11.3. The molecule has 1 fully saturated rings. The molecule has 0 radical (unpaired) electrons. The van der Waals surface area contributed by atoms with Crippen molar-refractivity contribution in [1.29, 1.82) is 0 Å². The van der Waals surface area contributed by atoms with Crippen molar-refractivity contribution >= 4 is 0 Å². The van der Waals surface area contributed by atoms with E-state index < -0.39 is 0 Å². The van der Waals surface area contributed by atoms with E-state index in [1.54, 1.807) is 0 Å². The van der Waals surface area contributed by atoms with Gasteiger partial charge in [-0.3, -0.25) is 0 Å². The van der Waals surface area contributed by atoms with Gasteiger partial charge in [-0.2, -0.15) is 0 Å². The van der Waals surface area contributed by atoms with Crippen molar-refractivity contribution in [3.05, 3.63) is 0 Å². The summed E-state index contributed by atoms with van der Waals surface area (Å²) >= 11 is 0. The van der Waals surface area contributed by atoms with Crippen molar-refractivity contribution in [2.24, 2.45) is 0 Å². The highest BCUT2D eigenvalue weighted by Crippen LogP contribution is 2.17. The molecule has 1 heteroatoms. The second-order valence-corrected chi connectivity index (χ2v) is 4.52. The average Bonchev–Trinajstić information content (AvgIpc) is 2.09. The van der Waals surface area contributed by atoms with E-state index in [2.05, 4.69) is 19.2 Å². The van der Waals surface area contributed by atoms with Crippen LogP contribution in [0.2, 0.25) is 0 Å². The molecule has 0 bridgehead atoms. The number of hydrogen-bond acceptors (Lipinski definition) is 1. The summed E-state index contributed by atoms with van der Waals surface area (Å²) in [4.78, 5) is 0. The van der Waals surface area contributed by atoms with Gasteiger partial charge in [-0.25, -0.2) is 0 Å². The van der Waals surface area contributed by atoms with Gasteiger partial charge in [0.1, 0.15) is 0 Å². The Morgan fingerprint density at radius 1 is 1.08 bits per heavy atom. The first-order chi connectivity index (χ1) is 6.33. The van der Waals surface area contributed by atoms with E-state index in [9.17, 15) is 0 Å². The lowest BCUT2D eigenvalue weighted by Gasteiger charge is -2.24. The fraction of sp³-hybridized carbons (Fsp3) is 1.00. The van der Waals surface area contributed by atoms with Crippen LogP contribution in [0.5, 0.6) is 0 Å². The SMILES string of the molecule is CC[C@H](C)NC1CCCCCCC1. The summed E-state index contributed by atoms with van der Waals surface area (Å²) in [5.74, 6) is 0. The molecule has 13 heavy (non-hydrogen) atoms. The quantitative estimate of drug-likeness (QED) is 0.706. The first-order valence-electron chi connectivity index (χ1n) is 6.09. The molecule has 0 unspecified atom stereocenters. The van der Waals surface area contributed by atoms with Crippen LogP contribution in [0.4, 0.5) is 0 Å². The summed E-state index contributed by atoms with van der Waals surface area (Å²) in [6.45, 7) is 4.57. The van der Waals surface area contributed by atoms with Gasteiger partial charge in [0.2, 0.25) is 0 Å². The minimum Gasteiger partial charge on any atom is -0.312 e. The van der Waals surface area contributed by atoms with Crippen molar-refractivity contribution in [1.82, 2.24) is 5.32 Å². The zero-order valence-corrected chi connectivity index (χ0v) is 9.31. The Labute approximate surface area is 83.3 Å². The van der Waals surface area contributed by atoms with Gasteiger partial charge in [-0.15, -0.1) is 0 Å². The van der Waals surface area contributed by atoms with Gasteiger partial charge < -0.3 is 5.32 Å². The Balaban J connectivity index is 2.21. The average molecular weight is 183 g/mol. The Morgan fingerprint density at radius 3 is 2.15 bits per heavy atom. The Bertz CT molecular complexity index is 114. The fourth-order valence-corrected chi connectivity index (χ4v) is 2.14. The topological polar surface area (TPSA) is 12.0 Å². The molecule has 1 N–H and O–H groups in total. The highest BCUT2D eigenvalue weighted by atomic mass is 14.9. The summed E-state index contributed by atoms with van der Waals surface area (Å²) in [5, 5.41) is 3.74. The molecule has 0 aromatic rings. The van der Waals surface area contributed by atoms with Gasteiger partial charge in [-0.05, 0) is 26.2 Å². The van der Waals surface area contributed by atoms with Crippen LogP contribution in [-0.4, -0.2) is 12.1 Å². The lowest BCUT2D eigenvalue weighted by atomic mass is 9.96. The summed E-state index contributed by atoms with van der Waals surface area (Å²) < 4.78 is 0. The van der Waals surface area contributed by atoms with Crippen LogP contribution < -0.4 is 5.32 Å². The molecule has 0 aromatic carbocycles. The molecule has 0 heterocycles. The molecular formula is C12H25N. The van der Waals surface area contributed by atoms with E-state index in [1.807, 2.05) is 0 Å². The van der Waals surface area contributed by atoms with Crippen molar-refractivity contribution in [2.45, 2.75) is 77.3 Å². The van der Waals surface area contributed by atoms with E-state index in [1.165, 1.54) is 51.4 Å². The molecule has 78 valence electrons. The fourth-order valence-electron chi connectivity index (χ4n) is 2.14. The van der Waals surface area contributed by atoms with Gasteiger partial charge in [0.25, 0.3) is 0 Å². The molecule has 1 rings (SSSR count). The van der Waals surface area contributed by atoms with Gasteiger partial charge in [0, 0.05) is 12.1 Å². The molecule has 1 atom stereocenters. The second-order valence-electron chi connectivity index (χ2n) is 4.52. The maximum absolute atomic E-state index is 3.74. The predicted octanol–water partition coefficient (Wildman–Crippen LogP) is 3.49. The standard InChI is InChI=1S/C12H25N/c1-3-11(2)13-12-9-7-5-4-6-8-10-12/h11-13H,3-10H2,1-2H3/t11-/m0/s1. The molecule has 1 saturated carbocycles. The largest absolute Gasteiger partial charge is 0.312 e. The third-order valence-corrected chi connectivity index (χ3v) is 3.24. The van der Waals surface area contributed by atoms with Crippen molar-refractivity contribution < 1.29 is 0 Å². The molecule has 0 spiro atoms. The smallest absolute Gasteiger partial charge is 0.00695 e. The van der Waals surface area contributed by atoms with Crippen LogP contribution in [0.15, 0.2) is 0 Å². The molecule has 1 aliphatic carbocycles. The zero-order valence-electron chi connectivity index (χ0n) is 9.31. The number of hydrogen-bond donors (Lipinski definition) is 1. The molecule has 1 nitrogen and oxygen atoms in total. The predicted molar refractivity (Wildman–Crippen MR) is 59.0 cm³/mol. The van der Waals surface area contributed by atoms with Crippen molar-refractivity contribution in [2.75, 3.05) is 0 Å². The van der Waals surface area contributed by atoms with Crippen molar-refractivity contribution in [3.8, 4) is 0 Å². The summed E-state index contributed by atoms with van der Waals surface area (Å²) in [6, 6.07) is 1.53. The normalized spacial score (nSPS) is 23.5. The first kappa shape index (κ1) is 11.0. The zero-order chi connectivity index (χ0) is 9.52. The van der Waals surface area contributed by atoms with Gasteiger partial charge in [0.05, 0.1) is 0 Å². The van der Waals surface area contributed by atoms with E-state index >= 15 is 0 Å². The van der Waals surface area contributed by atoms with E-state index in [0.29, 0.717) is 6.04 Å². The van der Waals surface area contributed by atoms with E-state index in [0.717, 1.165) is 6.04 Å². The van der Waals surface area contributed by atoms with Gasteiger partial charge >= 0.3 is 0 Å². The lowest BCUT2D eigenvalue weighted by molar-refractivity contribution is 0.355. The van der Waals surface area contributed by atoms with Gasteiger partial charge in [-0.1, -0.05) is 39.0 Å². The third kappa shape index (κ3) is 4.66. The Kier molecular flexibility index (Phi) is 5.45. The molecule has 0 amide bonds. The van der Waals surface area contributed by atoms with Crippen molar-refractivity contribution in [3.63, 3.8) is 0 Å². The highest BCUT2D eigenvalue weighted by Gasteiger charge is 2.12. The van der Waals surface area contributed by atoms with Crippen LogP contribution in [0.3, 0.4) is 0 Å². The van der Waals surface area contributed by atoms with Gasteiger partial charge in [0.15, 0.2) is 0 Å². The van der Waals surface area contributed by atoms with Crippen LogP contribution in [0.1, 0.15) is 65.2 Å². The van der Waals surface area contributed by atoms with Crippen LogP contribution >= 0.6 is 0 Å². The van der Waals surface area contributed by atoms with E-state index in [-0.39, 0.29) is 0 Å². The maximum atomic E-state index is 3.74. The molecular weight excluding hydrogens is 158 g/mol. The summed E-state index contributed by atoms with van der Waals surface area (Å²) in [7, 11) is 0. The van der Waals surface area contributed by atoms with Crippen LogP contribution in [-0.2, 0) is 0 Å². The number of rotatable bonds is 3. The third-order valence-electron chi connectivity index (χ3n) is 3.24. The van der Waals surface area contributed by atoms with E-state index in [4.69, 9.17) is 0 Å².